The summed E-state index contributed by atoms with van der Waals surface area (Å²) in [6.07, 6.45) is 1.21. The molecule has 1 nitrogen and oxygen atoms in total. The summed E-state index contributed by atoms with van der Waals surface area (Å²) in [5, 5.41) is 0. The first-order valence-corrected chi connectivity index (χ1v) is 4.54. The molecule has 0 heterocycles. The van der Waals surface area contributed by atoms with Gasteiger partial charge in [-0.3, -0.25) is 0 Å². The zero-order valence-electron chi connectivity index (χ0n) is 5.37. The van der Waals surface area contributed by atoms with Crippen LogP contribution in [0.4, 0.5) is 0 Å². The Morgan fingerprint density at radius 3 is 1.67 bits per heavy atom. The van der Waals surface area contributed by atoms with Gasteiger partial charge in [0.25, 0.3) is 0 Å². The Bertz CT molecular complexity index is 53.1. The predicted molar refractivity (Wildman–Crippen MR) is 22.4 cm³/mol. The zero-order chi connectivity index (χ0) is 4.99. The Morgan fingerprint density at radius 2 is 1.67 bits per heavy atom. The molecule has 0 aliphatic heterocycles. The van der Waals surface area contributed by atoms with E-state index in [1.165, 1.54) is 6.42 Å². The summed E-state index contributed by atoms with van der Waals surface area (Å²) >= 11 is -0.491. The van der Waals surface area contributed by atoms with Crippen LogP contribution in [-0.4, -0.2) is 0 Å². The fourth-order valence-electron chi connectivity index (χ4n) is 0.0913. The molecule has 0 amide bonds. The summed E-state index contributed by atoms with van der Waals surface area (Å²) < 4.78 is 7.71. The first-order chi connectivity index (χ1) is 2.81. The SMILES string of the molecule is CC[CH](C)[Nb+3]=[NH].[Cl-].[Cl-].[Cl-]. The fraction of sp³-hybridized carbons (Fsp3) is 1.00. The minimum absolute atomic E-state index is 0. The van der Waals surface area contributed by atoms with Crippen molar-refractivity contribution in [3.63, 3.8) is 0 Å². The molecule has 57 valence electrons. The van der Waals surface area contributed by atoms with Gasteiger partial charge in [0.05, 0.1) is 0 Å². The van der Waals surface area contributed by atoms with Crippen molar-refractivity contribution in [2.75, 3.05) is 0 Å². The maximum atomic E-state index is 6.96. The molecule has 1 unspecified atom stereocenters. The van der Waals surface area contributed by atoms with Gasteiger partial charge in [-0.1, -0.05) is 0 Å². The minimum Gasteiger partial charge on any atom is -1.00 e. The van der Waals surface area contributed by atoms with Crippen molar-refractivity contribution in [2.24, 2.45) is 0 Å². The van der Waals surface area contributed by atoms with Crippen molar-refractivity contribution in [3.8, 4) is 0 Å². The fourth-order valence-corrected chi connectivity index (χ4v) is 0.540. The van der Waals surface area contributed by atoms with Crippen LogP contribution < -0.4 is 37.2 Å². The average Bonchev–Trinajstić information content (AvgIpc) is 1.65. The molecule has 0 saturated carbocycles. The molecule has 1 atom stereocenters. The Morgan fingerprint density at radius 1 is 1.33 bits per heavy atom. The summed E-state index contributed by atoms with van der Waals surface area (Å²) in [7, 11) is 0. The molecule has 0 fully saturated rings. The number of hydrogen-bond donors (Lipinski definition) is 1. The standard InChI is InChI=1S/C4H9.3ClH.HN.Nb/c1-3-4-2;;;;;/h3H,4H2,1-2H3;4*1H;/q;;;;;+3/p-3. The van der Waals surface area contributed by atoms with E-state index in [1.54, 1.807) is 0 Å². The van der Waals surface area contributed by atoms with Gasteiger partial charge in [-0.05, 0) is 0 Å². The predicted octanol–water partition coefficient (Wildman–Crippen LogP) is -6.94. The normalized spacial score (nSPS) is 8.67. The van der Waals surface area contributed by atoms with Crippen molar-refractivity contribution >= 4 is 0 Å². The van der Waals surface area contributed by atoms with Crippen LogP contribution in [-0.2, 0) is 19.6 Å². The summed E-state index contributed by atoms with van der Waals surface area (Å²) in [4.78, 5) is 0. The number of hydrogen-bond acceptors (Lipinski definition) is 1. The van der Waals surface area contributed by atoms with Gasteiger partial charge in [0, 0.05) is 0 Å². The van der Waals surface area contributed by atoms with Gasteiger partial charge in [-0.2, -0.15) is 0 Å². The zero-order valence-corrected chi connectivity index (χ0v) is 9.83. The van der Waals surface area contributed by atoms with Crippen LogP contribution in [0.2, 0.25) is 4.14 Å². The number of rotatable bonds is 2. The molecule has 0 aliphatic rings. The van der Waals surface area contributed by atoms with Crippen molar-refractivity contribution in [1.82, 2.24) is 0 Å². The summed E-state index contributed by atoms with van der Waals surface area (Å²) in [6, 6.07) is 0. The number of halogens is 3. The smallest absolute Gasteiger partial charge is 1.00 e. The Kier molecular flexibility index (Phi) is 40.4. The molecule has 0 aromatic carbocycles. The third-order valence-electron chi connectivity index (χ3n) is 0.811. The van der Waals surface area contributed by atoms with E-state index in [4.69, 9.17) is 3.76 Å². The second-order valence-corrected chi connectivity index (χ2v) is 4.19. The van der Waals surface area contributed by atoms with E-state index in [0.29, 0.717) is 0 Å². The van der Waals surface area contributed by atoms with Gasteiger partial charge in [0.15, 0.2) is 0 Å². The maximum absolute atomic E-state index is 6.96. The molecule has 0 saturated heterocycles. The second-order valence-electron chi connectivity index (χ2n) is 1.39. The van der Waals surface area contributed by atoms with Gasteiger partial charge in [0.1, 0.15) is 0 Å². The van der Waals surface area contributed by atoms with E-state index in [9.17, 15) is 0 Å². The van der Waals surface area contributed by atoms with E-state index in [-0.39, 0.29) is 37.2 Å². The average molecular weight is 271 g/mol. The second kappa shape index (κ2) is 16.2. The molecular formula is C4H10Cl3NNb. The molecular weight excluding hydrogens is 261 g/mol. The van der Waals surface area contributed by atoms with E-state index in [0.717, 1.165) is 4.14 Å². The van der Waals surface area contributed by atoms with Crippen LogP contribution >= 0.6 is 0 Å². The van der Waals surface area contributed by atoms with E-state index >= 15 is 0 Å². The van der Waals surface area contributed by atoms with E-state index in [1.807, 2.05) is 0 Å². The molecule has 0 radical (unpaired) electrons. The summed E-state index contributed by atoms with van der Waals surface area (Å²) in [6.45, 7) is 4.30. The number of nitrogens with one attached hydrogen (secondary N) is 1. The third-order valence-corrected chi connectivity index (χ3v) is 2.79. The van der Waals surface area contributed by atoms with Gasteiger partial charge in [-0.25, -0.2) is 0 Å². The van der Waals surface area contributed by atoms with Crippen molar-refractivity contribution in [2.45, 2.75) is 24.4 Å². The van der Waals surface area contributed by atoms with Crippen LogP contribution in [0.5, 0.6) is 0 Å². The third kappa shape index (κ3) is 17.7. The van der Waals surface area contributed by atoms with Crippen LogP contribution in [0.15, 0.2) is 0 Å². The summed E-state index contributed by atoms with van der Waals surface area (Å²) in [5.74, 6) is 0. The molecule has 5 heteroatoms. The molecule has 9 heavy (non-hydrogen) atoms. The van der Waals surface area contributed by atoms with Crippen molar-refractivity contribution in [3.05, 3.63) is 0 Å². The monoisotopic (exact) mass is 270 g/mol. The van der Waals surface area contributed by atoms with Gasteiger partial charge < -0.3 is 37.2 Å². The topological polar surface area (TPSA) is 23.9 Å². The van der Waals surface area contributed by atoms with Gasteiger partial charge >= 0.3 is 47.7 Å². The quantitative estimate of drug-likeness (QED) is 0.483. The molecule has 0 spiro atoms. The van der Waals surface area contributed by atoms with Crippen LogP contribution in [0.1, 0.15) is 20.3 Å². The van der Waals surface area contributed by atoms with Crippen molar-refractivity contribution < 1.29 is 56.8 Å². The summed E-state index contributed by atoms with van der Waals surface area (Å²) in [5.41, 5.74) is 0. The first-order valence-electron chi connectivity index (χ1n) is 2.17. The van der Waals surface area contributed by atoms with Gasteiger partial charge in [-0.15, -0.1) is 0 Å². The first kappa shape index (κ1) is 22.4. The Balaban J connectivity index is -0.0000000417. The Labute approximate surface area is 84.6 Å². The molecule has 0 aromatic rings. The molecule has 0 aromatic heterocycles. The largest absolute Gasteiger partial charge is 1.00 e. The van der Waals surface area contributed by atoms with Gasteiger partial charge in [0.2, 0.25) is 0 Å². The maximum Gasteiger partial charge on any atom is -1.00 e. The van der Waals surface area contributed by atoms with E-state index in [2.05, 4.69) is 13.8 Å². The molecule has 0 bridgehead atoms. The molecule has 0 rings (SSSR count). The molecule has 1 N–H and O–H groups in total. The van der Waals surface area contributed by atoms with E-state index < -0.39 is 19.6 Å². The Hall–Kier alpha value is 1.41. The van der Waals surface area contributed by atoms with Crippen LogP contribution in [0.25, 0.3) is 0 Å². The molecule has 0 aliphatic carbocycles. The minimum atomic E-state index is -0.491. The van der Waals surface area contributed by atoms with Crippen LogP contribution in [0, 0.1) is 3.76 Å². The van der Waals surface area contributed by atoms with Crippen LogP contribution in [0.3, 0.4) is 0 Å². The van der Waals surface area contributed by atoms with Crippen molar-refractivity contribution in [1.29, 1.82) is 3.76 Å².